The molecular formula is C13H16N2O2. The third-order valence-electron chi connectivity index (χ3n) is 2.88. The molecule has 0 saturated carbocycles. The Bertz CT molecular complexity index is 480. The SMILES string of the molecule is COCC1=NN(c2ccc(C)c(C)c2)C(=O)C1. The van der Waals surface area contributed by atoms with Gasteiger partial charge in [-0.1, -0.05) is 6.07 Å². The molecule has 1 aliphatic heterocycles. The van der Waals surface area contributed by atoms with Crippen molar-refractivity contribution in [3.05, 3.63) is 29.3 Å². The van der Waals surface area contributed by atoms with E-state index in [4.69, 9.17) is 4.74 Å². The quantitative estimate of drug-likeness (QED) is 0.800. The maximum atomic E-state index is 11.8. The van der Waals surface area contributed by atoms with Crippen LogP contribution < -0.4 is 5.01 Å². The fourth-order valence-electron chi connectivity index (χ4n) is 1.79. The summed E-state index contributed by atoms with van der Waals surface area (Å²) in [6, 6.07) is 5.90. The smallest absolute Gasteiger partial charge is 0.253 e. The van der Waals surface area contributed by atoms with Crippen molar-refractivity contribution in [1.82, 2.24) is 0 Å². The van der Waals surface area contributed by atoms with E-state index in [1.807, 2.05) is 32.0 Å². The van der Waals surface area contributed by atoms with Crippen LogP contribution in [0.2, 0.25) is 0 Å². The van der Waals surface area contributed by atoms with E-state index in [-0.39, 0.29) is 5.91 Å². The van der Waals surface area contributed by atoms with Crippen LogP contribution in [0.3, 0.4) is 0 Å². The number of nitrogens with zero attached hydrogens (tertiary/aromatic N) is 2. The molecule has 0 fully saturated rings. The van der Waals surface area contributed by atoms with E-state index in [0.29, 0.717) is 13.0 Å². The van der Waals surface area contributed by atoms with Crippen LogP contribution in [0.4, 0.5) is 5.69 Å². The number of rotatable bonds is 3. The van der Waals surface area contributed by atoms with Gasteiger partial charge in [-0.25, -0.2) is 5.01 Å². The van der Waals surface area contributed by atoms with E-state index in [9.17, 15) is 4.79 Å². The van der Waals surface area contributed by atoms with Gasteiger partial charge in [-0.05, 0) is 37.1 Å². The van der Waals surface area contributed by atoms with E-state index >= 15 is 0 Å². The van der Waals surface area contributed by atoms with Gasteiger partial charge in [0, 0.05) is 7.11 Å². The fraction of sp³-hybridized carbons (Fsp3) is 0.385. The summed E-state index contributed by atoms with van der Waals surface area (Å²) in [4.78, 5) is 11.8. The lowest BCUT2D eigenvalue weighted by Gasteiger charge is -2.13. The topological polar surface area (TPSA) is 41.9 Å². The van der Waals surface area contributed by atoms with Crippen molar-refractivity contribution >= 4 is 17.3 Å². The number of methoxy groups -OCH3 is 1. The van der Waals surface area contributed by atoms with E-state index in [2.05, 4.69) is 5.10 Å². The van der Waals surface area contributed by atoms with Crippen molar-refractivity contribution in [3.8, 4) is 0 Å². The standard InChI is InChI=1S/C13H16N2O2/c1-9-4-5-12(6-10(9)2)15-13(16)7-11(14-15)8-17-3/h4-6H,7-8H2,1-3H3. The van der Waals surface area contributed by atoms with Crippen LogP contribution in [-0.4, -0.2) is 25.3 Å². The molecule has 1 aromatic carbocycles. The van der Waals surface area contributed by atoms with Crippen LogP contribution in [0.1, 0.15) is 17.5 Å². The molecule has 0 saturated heterocycles. The molecular weight excluding hydrogens is 216 g/mol. The summed E-state index contributed by atoms with van der Waals surface area (Å²) in [7, 11) is 1.60. The third-order valence-corrected chi connectivity index (χ3v) is 2.88. The number of benzene rings is 1. The highest BCUT2D eigenvalue weighted by atomic mass is 16.5. The molecule has 0 aromatic heterocycles. The Kier molecular flexibility index (Phi) is 3.24. The number of ether oxygens (including phenoxy) is 1. The van der Waals surface area contributed by atoms with Crippen molar-refractivity contribution in [1.29, 1.82) is 0 Å². The van der Waals surface area contributed by atoms with Crippen molar-refractivity contribution in [3.63, 3.8) is 0 Å². The predicted octanol–water partition coefficient (Wildman–Crippen LogP) is 2.04. The van der Waals surface area contributed by atoms with Gasteiger partial charge >= 0.3 is 0 Å². The monoisotopic (exact) mass is 232 g/mol. The fourth-order valence-corrected chi connectivity index (χ4v) is 1.79. The third kappa shape index (κ3) is 2.36. The first-order valence-electron chi connectivity index (χ1n) is 5.57. The average Bonchev–Trinajstić information content (AvgIpc) is 2.64. The molecule has 0 radical (unpaired) electrons. The molecule has 0 atom stereocenters. The highest BCUT2D eigenvalue weighted by Crippen LogP contribution is 2.23. The minimum Gasteiger partial charge on any atom is -0.379 e. The number of hydrogen-bond donors (Lipinski definition) is 0. The molecule has 2 rings (SSSR count). The van der Waals surface area contributed by atoms with Crippen LogP contribution >= 0.6 is 0 Å². The van der Waals surface area contributed by atoms with Crippen molar-refractivity contribution in [2.24, 2.45) is 5.10 Å². The number of hydrogen-bond acceptors (Lipinski definition) is 3. The normalized spacial score (nSPS) is 15.4. The number of anilines is 1. The molecule has 1 amide bonds. The maximum absolute atomic E-state index is 11.8. The molecule has 4 nitrogen and oxygen atoms in total. The first-order valence-corrected chi connectivity index (χ1v) is 5.57. The zero-order valence-corrected chi connectivity index (χ0v) is 10.4. The number of aryl methyl sites for hydroxylation is 2. The van der Waals surface area contributed by atoms with Gasteiger partial charge in [0.1, 0.15) is 0 Å². The lowest BCUT2D eigenvalue weighted by Crippen LogP contribution is -2.19. The highest BCUT2D eigenvalue weighted by Gasteiger charge is 2.24. The van der Waals surface area contributed by atoms with E-state index in [1.165, 1.54) is 10.6 Å². The minimum atomic E-state index is 0.000281. The summed E-state index contributed by atoms with van der Waals surface area (Å²) in [5, 5.41) is 5.73. The number of carbonyl (C=O) groups excluding carboxylic acids is 1. The van der Waals surface area contributed by atoms with Crippen LogP contribution in [0.15, 0.2) is 23.3 Å². The first kappa shape index (κ1) is 11.8. The van der Waals surface area contributed by atoms with Crippen LogP contribution in [0.5, 0.6) is 0 Å². The molecule has 1 aromatic rings. The molecule has 90 valence electrons. The van der Waals surface area contributed by atoms with Crippen molar-refractivity contribution in [2.75, 3.05) is 18.7 Å². The molecule has 17 heavy (non-hydrogen) atoms. The van der Waals surface area contributed by atoms with Gasteiger partial charge in [0.25, 0.3) is 5.91 Å². The van der Waals surface area contributed by atoms with Crippen LogP contribution in [0.25, 0.3) is 0 Å². The average molecular weight is 232 g/mol. The van der Waals surface area contributed by atoms with E-state index in [1.54, 1.807) is 7.11 Å². The lowest BCUT2D eigenvalue weighted by atomic mass is 10.1. The number of hydrazone groups is 1. The predicted molar refractivity (Wildman–Crippen MR) is 67.3 cm³/mol. The van der Waals surface area contributed by atoms with Crippen LogP contribution in [0, 0.1) is 13.8 Å². The molecule has 1 aliphatic rings. The Hall–Kier alpha value is -1.68. The molecule has 1 heterocycles. The van der Waals surface area contributed by atoms with Crippen molar-refractivity contribution < 1.29 is 9.53 Å². The Morgan fingerprint density at radius 3 is 2.76 bits per heavy atom. The van der Waals surface area contributed by atoms with Gasteiger partial charge in [0.05, 0.1) is 24.4 Å². The van der Waals surface area contributed by atoms with E-state index in [0.717, 1.165) is 17.0 Å². The summed E-state index contributed by atoms with van der Waals surface area (Å²) >= 11 is 0. The van der Waals surface area contributed by atoms with Gasteiger partial charge in [0.15, 0.2) is 0 Å². The largest absolute Gasteiger partial charge is 0.379 e. The molecule has 0 N–H and O–H groups in total. The zero-order valence-electron chi connectivity index (χ0n) is 10.4. The zero-order chi connectivity index (χ0) is 12.4. The van der Waals surface area contributed by atoms with E-state index < -0.39 is 0 Å². The second kappa shape index (κ2) is 4.67. The summed E-state index contributed by atoms with van der Waals surface area (Å²) in [5.74, 6) is 0.000281. The van der Waals surface area contributed by atoms with Crippen LogP contribution in [-0.2, 0) is 9.53 Å². The molecule has 0 spiro atoms. The Morgan fingerprint density at radius 1 is 1.35 bits per heavy atom. The van der Waals surface area contributed by atoms with Gasteiger partial charge in [-0.2, -0.15) is 5.10 Å². The number of carbonyl (C=O) groups is 1. The summed E-state index contributed by atoms with van der Waals surface area (Å²) in [6.07, 6.45) is 0.348. The highest BCUT2D eigenvalue weighted by molar-refractivity contribution is 6.13. The van der Waals surface area contributed by atoms with Gasteiger partial charge in [-0.15, -0.1) is 0 Å². The summed E-state index contributed by atoms with van der Waals surface area (Å²) in [5.41, 5.74) is 3.96. The Balaban J connectivity index is 2.27. The lowest BCUT2D eigenvalue weighted by molar-refractivity contribution is -0.116. The van der Waals surface area contributed by atoms with Crippen molar-refractivity contribution in [2.45, 2.75) is 20.3 Å². The Labute approximate surface area is 101 Å². The summed E-state index contributed by atoms with van der Waals surface area (Å²) in [6.45, 7) is 4.48. The molecule has 0 aliphatic carbocycles. The first-order chi connectivity index (χ1) is 8.11. The molecule has 0 bridgehead atoms. The minimum absolute atomic E-state index is 0.000281. The maximum Gasteiger partial charge on any atom is 0.253 e. The second-order valence-electron chi connectivity index (χ2n) is 4.25. The molecule has 4 heteroatoms. The van der Waals surface area contributed by atoms with Gasteiger partial charge < -0.3 is 4.74 Å². The molecule has 0 unspecified atom stereocenters. The summed E-state index contributed by atoms with van der Waals surface area (Å²) < 4.78 is 4.99. The van der Waals surface area contributed by atoms with Gasteiger partial charge in [0.2, 0.25) is 0 Å². The van der Waals surface area contributed by atoms with Gasteiger partial charge in [-0.3, -0.25) is 4.79 Å². The number of amides is 1. The second-order valence-corrected chi connectivity index (χ2v) is 4.25. The Morgan fingerprint density at radius 2 is 2.12 bits per heavy atom.